The predicted octanol–water partition coefficient (Wildman–Crippen LogP) is 7.20. The number of ether oxygens (including phenoxy) is 2. The number of halogens is 6. The van der Waals surface area contributed by atoms with Crippen molar-refractivity contribution in [2.24, 2.45) is 0 Å². The molecular weight excluding hydrogens is 488 g/mol. The van der Waals surface area contributed by atoms with Gasteiger partial charge in [-0.25, -0.2) is 4.79 Å². The summed E-state index contributed by atoms with van der Waals surface area (Å²) in [6, 6.07) is 5.82. The molecule has 1 unspecified atom stereocenters. The number of benzene rings is 2. The Balaban J connectivity index is 2.37. The molecule has 0 aliphatic heterocycles. The number of aliphatic carboxylic acids is 1. The molecule has 0 spiro atoms. The minimum Gasteiger partial charge on any atom is -0.478 e. The molecule has 0 heterocycles. The molecule has 0 amide bonds. The first kappa shape index (κ1) is 22.6. The Morgan fingerprint density at radius 2 is 1.75 bits per heavy atom. The molecule has 2 rings (SSSR count). The van der Waals surface area contributed by atoms with E-state index in [4.69, 9.17) is 32.7 Å². The number of alkyl halides is 3. The van der Waals surface area contributed by atoms with Gasteiger partial charge in [-0.1, -0.05) is 30.1 Å². The molecule has 1 N–H and O–H groups in total. The van der Waals surface area contributed by atoms with Crippen LogP contribution >= 0.6 is 39.1 Å². The van der Waals surface area contributed by atoms with Crippen LogP contribution in [-0.4, -0.2) is 16.7 Å². The van der Waals surface area contributed by atoms with E-state index in [0.717, 1.165) is 0 Å². The lowest BCUT2D eigenvalue weighted by Crippen LogP contribution is -2.40. The Morgan fingerprint density at radius 3 is 2.21 bits per heavy atom. The van der Waals surface area contributed by atoms with Crippen LogP contribution in [-0.2, 0) is 11.0 Å². The lowest BCUT2D eigenvalue weighted by Gasteiger charge is -2.25. The smallest absolute Gasteiger partial charge is 0.416 e. The molecule has 10 heteroatoms. The molecular formula is C18H14BrCl2F3O4. The largest absolute Gasteiger partial charge is 0.478 e. The van der Waals surface area contributed by atoms with Crippen LogP contribution in [0, 0.1) is 0 Å². The highest BCUT2D eigenvalue weighted by Crippen LogP contribution is 2.43. The SMILES string of the molecule is CCC(C)(Oc1cc(Oc2c(Cl)cc(C(F)(F)F)cc2Cl)ccc1Br)C(=O)O. The van der Waals surface area contributed by atoms with Gasteiger partial charge in [-0.3, -0.25) is 0 Å². The molecule has 0 aliphatic carbocycles. The summed E-state index contributed by atoms with van der Waals surface area (Å²) >= 11 is 15.1. The van der Waals surface area contributed by atoms with Gasteiger partial charge in [-0.15, -0.1) is 0 Å². The number of hydrogen-bond donors (Lipinski definition) is 1. The highest BCUT2D eigenvalue weighted by atomic mass is 79.9. The number of carboxylic acids is 1. The molecule has 0 aromatic heterocycles. The van der Waals surface area contributed by atoms with E-state index in [9.17, 15) is 23.1 Å². The Labute approximate surface area is 177 Å². The molecule has 2 aromatic rings. The first-order valence-corrected chi connectivity index (χ1v) is 9.38. The van der Waals surface area contributed by atoms with Gasteiger partial charge < -0.3 is 14.6 Å². The second-order valence-corrected chi connectivity index (χ2v) is 7.62. The normalized spacial score (nSPS) is 13.7. The van der Waals surface area contributed by atoms with E-state index >= 15 is 0 Å². The van der Waals surface area contributed by atoms with Crippen molar-refractivity contribution in [2.45, 2.75) is 32.0 Å². The summed E-state index contributed by atoms with van der Waals surface area (Å²) in [7, 11) is 0. The van der Waals surface area contributed by atoms with Crippen LogP contribution in [0.15, 0.2) is 34.8 Å². The zero-order valence-corrected chi connectivity index (χ0v) is 17.6. The van der Waals surface area contributed by atoms with Crippen LogP contribution in [0.3, 0.4) is 0 Å². The highest BCUT2D eigenvalue weighted by Gasteiger charge is 2.34. The van der Waals surface area contributed by atoms with E-state index in [1.165, 1.54) is 25.1 Å². The van der Waals surface area contributed by atoms with Gasteiger partial charge in [-0.2, -0.15) is 13.2 Å². The average molecular weight is 502 g/mol. The molecule has 0 fully saturated rings. The van der Waals surface area contributed by atoms with Crippen molar-refractivity contribution in [2.75, 3.05) is 0 Å². The van der Waals surface area contributed by atoms with Crippen molar-refractivity contribution in [3.05, 3.63) is 50.4 Å². The Hall–Kier alpha value is -1.64. The van der Waals surface area contributed by atoms with Gasteiger partial charge in [0, 0.05) is 6.07 Å². The molecule has 0 bridgehead atoms. The Bertz CT molecular complexity index is 882. The number of hydrogen-bond acceptors (Lipinski definition) is 3. The highest BCUT2D eigenvalue weighted by molar-refractivity contribution is 9.10. The van der Waals surface area contributed by atoms with Crippen molar-refractivity contribution in [3.8, 4) is 17.2 Å². The molecule has 4 nitrogen and oxygen atoms in total. The van der Waals surface area contributed by atoms with Crippen molar-refractivity contribution < 1.29 is 32.5 Å². The van der Waals surface area contributed by atoms with Crippen molar-refractivity contribution in [3.63, 3.8) is 0 Å². The van der Waals surface area contributed by atoms with Gasteiger partial charge in [0.1, 0.15) is 11.5 Å². The lowest BCUT2D eigenvalue weighted by molar-refractivity contribution is -0.154. The summed E-state index contributed by atoms with van der Waals surface area (Å²) in [5.74, 6) is -1.00. The minimum atomic E-state index is -4.61. The van der Waals surface area contributed by atoms with E-state index in [0.29, 0.717) is 16.6 Å². The third kappa shape index (κ3) is 5.04. The topological polar surface area (TPSA) is 55.8 Å². The monoisotopic (exact) mass is 500 g/mol. The summed E-state index contributed by atoms with van der Waals surface area (Å²) in [5, 5.41) is 8.71. The fraction of sp³-hybridized carbons (Fsp3) is 0.278. The molecule has 0 saturated heterocycles. The van der Waals surface area contributed by atoms with Gasteiger partial charge in [-0.05, 0) is 53.5 Å². The van der Waals surface area contributed by atoms with Gasteiger partial charge in [0.2, 0.25) is 5.60 Å². The minimum absolute atomic E-state index is 0.144. The third-order valence-corrected chi connectivity index (χ3v) is 5.13. The van der Waals surface area contributed by atoms with E-state index < -0.39 is 23.3 Å². The molecule has 28 heavy (non-hydrogen) atoms. The molecule has 0 aliphatic rings. The van der Waals surface area contributed by atoms with Crippen molar-refractivity contribution in [1.29, 1.82) is 0 Å². The third-order valence-electron chi connectivity index (χ3n) is 3.91. The molecule has 1 atom stereocenters. The second-order valence-electron chi connectivity index (χ2n) is 5.95. The van der Waals surface area contributed by atoms with Crippen LogP contribution in [0.5, 0.6) is 17.2 Å². The van der Waals surface area contributed by atoms with Gasteiger partial charge >= 0.3 is 12.1 Å². The number of carbonyl (C=O) groups is 1. The van der Waals surface area contributed by atoms with Crippen LogP contribution in [0.2, 0.25) is 10.0 Å². The van der Waals surface area contributed by atoms with Crippen LogP contribution in [0.4, 0.5) is 13.2 Å². The Morgan fingerprint density at radius 1 is 1.18 bits per heavy atom. The lowest BCUT2D eigenvalue weighted by atomic mass is 10.0. The van der Waals surface area contributed by atoms with Crippen LogP contribution < -0.4 is 9.47 Å². The molecule has 0 radical (unpaired) electrons. The Kier molecular flexibility index (Phi) is 6.78. The van der Waals surface area contributed by atoms with Crippen LogP contribution in [0.25, 0.3) is 0 Å². The zero-order valence-electron chi connectivity index (χ0n) is 14.5. The quantitative estimate of drug-likeness (QED) is 0.454. The fourth-order valence-corrected chi connectivity index (χ4v) is 2.97. The van der Waals surface area contributed by atoms with Crippen LogP contribution in [0.1, 0.15) is 25.8 Å². The molecule has 0 saturated carbocycles. The first-order valence-electron chi connectivity index (χ1n) is 7.83. The van der Waals surface area contributed by atoms with E-state index in [-0.39, 0.29) is 33.7 Å². The standard InChI is InChI=1S/C18H14BrCl2F3O4/c1-3-17(2,16(25)26)28-14-8-10(4-5-11(14)19)27-15-12(20)6-9(7-13(15)21)18(22,23)24/h4-8H,3H2,1-2H3,(H,25,26). The average Bonchev–Trinajstić information content (AvgIpc) is 2.59. The van der Waals surface area contributed by atoms with E-state index in [2.05, 4.69) is 15.9 Å². The summed E-state index contributed by atoms with van der Waals surface area (Å²) in [5.41, 5.74) is -2.49. The summed E-state index contributed by atoms with van der Waals surface area (Å²) < 4.78 is 50.1. The van der Waals surface area contributed by atoms with Gasteiger partial charge in [0.25, 0.3) is 0 Å². The van der Waals surface area contributed by atoms with Gasteiger partial charge in [0.15, 0.2) is 5.75 Å². The maximum absolute atomic E-state index is 12.8. The first-order chi connectivity index (χ1) is 12.9. The molecule has 2 aromatic carbocycles. The number of carboxylic acid groups (broad SMARTS) is 1. The number of rotatable bonds is 6. The predicted molar refractivity (Wildman–Crippen MR) is 103 cm³/mol. The maximum Gasteiger partial charge on any atom is 0.416 e. The zero-order chi connectivity index (χ0) is 21.3. The molecule has 152 valence electrons. The van der Waals surface area contributed by atoms with Crippen molar-refractivity contribution in [1.82, 2.24) is 0 Å². The summed E-state index contributed by atoms with van der Waals surface area (Å²) in [6.45, 7) is 3.07. The second kappa shape index (κ2) is 8.39. The van der Waals surface area contributed by atoms with Crippen molar-refractivity contribution >= 4 is 45.1 Å². The van der Waals surface area contributed by atoms with E-state index in [1.54, 1.807) is 6.92 Å². The summed E-state index contributed by atoms with van der Waals surface area (Å²) in [4.78, 5) is 11.4. The van der Waals surface area contributed by atoms with Gasteiger partial charge in [0.05, 0.1) is 20.1 Å². The van der Waals surface area contributed by atoms with E-state index in [1.807, 2.05) is 0 Å². The summed E-state index contributed by atoms with van der Waals surface area (Å²) in [6.07, 6.45) is -4.41. The maximum atomic E-state index is 12.8. The fourth-order valence-electron chi connectivity index (χ4n) is 2.07.